The molecule has 0 saturated carbocycles. The lowest BCUT2D eigenvalue weighted by Crippen LogP contribution is -2.29. The fourth-order valence-electron chi connectivity index (χ4n) is 2.82. The standard InChI is InChI=1S/C18H24N6O2S/c1-2-12-27(25,26)23-10-11-24-18-16(13-22-24)17(20-14-21-18)19-9-8-15-6-4-3-5-7-15/h3-7,13-14,23H,2,8-12H2,1H3,(H,19,20,21). The van der Waals surface area contributed by atoms with Crippen LogP contribution in [0.2, 0.25) is 0 Å². The first-order chi connectivity index (χ1) is 13.1. The maximum atomic E-state index is 11.7. The minimum Gasteiger partial charge on any atom is -0.369 e. The van der Waals surface area contributed by atoms with Gasteiger partial charge in [-0.15, -0.1) is 0 Å². The first-order valence-corrected chi connectivity index (χ1v) is 10.7. The minimum absolute atomic E-state index is 0.129. The summed E-state index contributed by atoms with van der Waals surface area (Å²) < 4.78 is 27.7. The molecule has 0 fully saturated rings. The average Bonchev–Trinajstić information content (AvgIpc) is 3.06. The predicted octanol–water partition coefficient (Wildman–Crippen LogP) is 1.81. The lowest BCUT2D eigenvalue weighted by Gasteiger charge is -2.08. The number of anilines is 1. The van der Waals surface area contributed by atoms with Crippen molar-refractivity contribution in [2.45, 2.75) is 26.3 Å². The van der Waals surface area contributed by atoms with Crippen molar-refractivity contribution in [3.8, 4) is 0 Å². The summed E-state index contributed by atoms with van der Waals surface area (Å²) in [4.78, 5) is 8.60. The summed E-state index contributed by atoms with van der Waals surface area (Å²) in [5.41, 5.74) is 1.94. The number of hydrogen-bond donors (Lipinski definition) is 2. The largest absolute Gasteiger partial charge is 0.369 e. The Bertz CT molecular complexity index is 972. The van der Waals surface area contributed by atoms with Crippen LogP contribution < -0.4 is 10.0 Å². The van der Waals surface area contributed by atoms with Crippen molar-refractivity contribution in [1.29, 1.82) is 0 Å². The molecule has 27 heavy (non-hydrogen) atoms. The molecule has 0 amide bonds. The highest BCUT2D eigenvalue weighted by molar-refractivity contribution is 7.89. The molecule has 0 aliphatic rings. The summed E-state index contributed by atoms with van der Waals surface area (Å²) >= 11 is 0. The normalized spacial score (nSPS) is 11.7. The van der Waals surface area contributed by atoms with Crippen molar-refractivity contribution in [1.82, 2.24) is 24.5 Å². The fraction of sp³-hybridized carbons (Fsp3) is 0.389. The molecule has 0 aliphatic carbocycles. The van der Waals surface area contributed by atoms with Gasteiger partial charge in [-0.25, -0.2) is 27.8 Å². The molecule has 2 heterocycles. The number of aromatic nitrogens is 4. The summed E-state index contributed by atoms with van der Waals surface area (Å²) in [6.45, 7) is 3.27. The average molecular weight is 388 g/mol. The van der Waals surface area contributed by atoms with Crippen LogP contribution in [0.25, 0.3) is 11.0 Å². The van der Waals surface area contributed by atoms with Crippen LogP contribution in [-0.4, -0.2) is 47.0 Å². The first kappa shape index (κ1) is 19.2. The summed E-state index contributed by atoms with van der Waals surface area (Å²) in [6.07, 6.45) is 4.68. The van der Waals surface area contributed by atoms with Gasteiger partial charge in [-0.1, -0.05) is 37.3 Å². The molecule has 1 aromatic carbocycles. The van der Waals surface area contributed by atoms with Crippen LogP contribution in [0.1, 0.15) is 18.9 Å². The van der Waals surface area contributed by atoms with E-state index in [1.165, 1.54) is 11.9 Å². The Kier molecular flexibility index (Phi) is 6.36. The minimum atomic E-state index is -3.22. The Balaban J connectivity index is 1.62. The van der Waals surface area contributed by atoms with Gasteiger partial charge in [-0.05, 0) is 18.4 Å². The SMILES string of the molecule is CCCS(=O)(=O)NCCn1ncc2c(NCCc3ccccc3)ncnc21. The summed E-state index contributed by atoms with van der Waals surface area (Å²) in [6, 6.07) is 10.2. The van der Waals surface area contributed by atoms with Crippen molar-refractivity contribution in [3.63, 3.8) is 0 Å². The van der Waals surface area contributed by atoms with E-state index < -0.39 is 10.0 Å². The highest BCUT2D eigenvalue weighted by Gasteiger charge is 2.11. The number of rotatable bonds is 10. The Morgan fingerprint density at radius 2 is 1.93 bits per heavy atom. The molecule has 0 saturated heterocycles. The topological polar surface area (TPSA) is 102 Å². The molecular formula is C18H24N6O2S. The smallest absolute Gasteiger partial charge is 0.211 e. The van der Waals surface area contributed by atoms with Crippen LogP contribution in [0.4, 0.5) is 5.82 Å². The molecule has 144 valence electrons. The third-order valence-corrected chi connectivity index (χ3v) is 5.69. The predicted molar refractivity (Wildman–Crippen MR) is 106 cm³/mol. The van der Waals surface area contributed by atoms with E-state index in [0.717, 1.165) is 24.2 Å². The number of fused-ring (bicyclic) bond motifs is 1. The van der Waals surface area contributed by atoms with Gasteiger partial charge in [-0.2, -0.15) is 5.10 Å². The zero-order valence-corrected chi connectivity index (χ0v) is 16.1. The Labute approximate surface area is 159 Å². The molecular weight excluding hydrogens is 364 g/mol. The van der Waals surface area contributed by atoms with Crippen LogP contribution in [0.15, 0.2) is 42.9 Å². The number of sulfonamides is 1. The molecule has 0 aliphatic heterocycles. The second-order valence-electron chi connectivity index (χ2n) is 6.20. The monoisotopic (exact) mass is 388 g/mol. The van der Waals surface area contributed by atoms with Crippen molar-refractivity contribution in [2.75, 3.05) is 24.2 Å². The van der Waals surface area contributed by atoms with E-state index >= 15 is 0 Å². The molecule has 0 spiro atoms. The molecule has 9 heteroatoms. The second-order valence-corrected chi connectivity index (χ2v) is 8.13. The Morgan fingerprint density at radius 3 is 2.70 bits per heavy atom. The molecule has 0 bridgehead atoms. The maximum absolute atomic E-state index is 11.7. The van der Waals surface area contributed by atoms with Crippen molar-refractivity contribution in [3.05, 3.63) is 48.4 Å². The molecule has 8 nitrogen and oxygen atoms in total. The first-order valence-electron chi connectivity index (χ1n) is 9.00. The summed E-state index contributed by atoms with van der Waals surface area (Å²) in [7, 11) is -3.22. The lowest BCUT2D eigenvalue weighted by molar-refractivity contribution is 0.563. The fourth-order valence-corrected chi connectivity index (χ4v) is 3.90. The summed E-state index contributed by atoms with van der Waals surface area (Å²) in [5.74, 6) is 0.860. The molecule has 3 aromatic rings. The van der Waals surface area contributed by atoms with Crippen molar-refractivity contribution < 1.29 is 8.42 Å². The van der Waals surface area contributed by atoms with Gasteiger partial charge in [0.25, 0.3) is 0 Å². The number of nitrogens with zero attached hydrogens (tertiary/aromatic N) is 4. The van der Waals surface area contributed by atoms with Crippen LogP contribution in [0.3, 0.4) is 0 Å². The maximum Gasteiger partial charge on any atom is 0.211 e. The zero-order valence-electron chi connectivity index (χ0n) is 15.3. The van der Waals surface area contributed by atoms with E-state index in [9.17, 15) is 8.42 Å². The molecule has 2 aromatic heterocycles. The van der Waals surface area contributed by atoms with E-state index in [1.54, 1.807) is 10.9 Å². The van der Waals surface area contributed by atoms with Gasteiger partial charge in [0.2, 0.25) is 10.0 Å². The van der Waals surface area contributed by atoms with E-state index in [1.807, 2.05) is 25.1 Å². The van der Waals surface area contributed by atoms with Crippen LogP contribution in [0, 0.1) is 0 Å². The van der Waals surface area contributed by atoms with Gasteiger partial charge < -0.3 is 5.32 Å². The molecule has 0 unspecified atom stereocenters. The van der Waals surface area contributed by atoms with Crippen molar-refractivity contribution >= 4 is 26.9 Å². The van der Waals surface area contributed by atoms with E-state index in [4.69, 9.17) is 0 Å². The molecule has 0 atom stereocenters. The van der Waals surface area contributed by atoms with Gasteiger partial charge >= 0.3 is 0 Å². The zero-order chi connectivity index (χ0) is 19.1. The van der Waals surface area contributed by atoms with E-state index in [2.05, 4.69) is 37.2 Å². The van der Waals surface area contributed by atoms with E-state index in [0.29, 0.717) is 18.6 Å². The van der Waals surface area contributed by atoms with Gasteiger partial charge in [0.05, 0.1) is 23.9 Å². The molecule has 3 rings (SSSR count). The number of nitrogens with one attached hydrogen (secondary N) is 2. The van der Waals surface area contributed by atoms with Crippen LogP contribution in [0.5, 0.6) is 0 Å². The number of hydrogen-bond acceptors (Lipinski definition) is 6. The van der Waals surface area contributed by atoms with Gasteiger partial charge in [0, 0.05) is 13.1 Å². The summed E-state index contributed by atoms with van der Waals surface area (Å²) in [5, 5.41) is 8.48. The van der Waals surface area contributed by atoms with Gasteiger partial charge in [-0.3, -0.25) is 0 Å². The van der Waals surface area contributed by atoms with Crippen LogP contribution >= 0.6 is 0 Å². The van der Waals surface area contributed by atoms with E-state index in [-0.39, 0.29) is 12.3 Å². The van der Waals surface area contributed by atoms with Crippen LogP contribution in [-0.2, 0) is 23.0 Å². The second kappa shape index (κ2) is 8.92. The van der Waals surface area contributed by atoms with Crippen molar-refractivity contribution in [2.24, 2.45) is 0 Å². The quantitative estimate of drug-likeness (QED) is 0.549. The third kappa shape index (κ3) is 5.24. The number of benzene rings is 1. The third-order valence-electron chi connectivity index (χ3n) is 4.10. The Hall–Kier alpha value is -2.52. The highest BCUT2D eigenvalue weighted by Crippen LogP contribution is 2.18. The van der Waals surface area contributed by atoms with Gasteiger partial charge in [0.1, 0.15) is 12.1 Å². The molecule has 0 radical (unpaired) electrons. The lowest BCUT2D eigenvalue weighted by atomic mass is 10.1. The molecule has 2 N–H and O–H groups in total. The van der Waals surface area contributed by atoms with Gasteiger partial charge in [0.15, 0.2) is 5.65 Å². The highest BCUT2D eigenvalue weighted by atomic mass is 32.2. The Morgan fingerprint density at radius 1 is 1.11 bits per heavy atom.